The van der Waals surface area contributed by atoms with Crippen molar-refractivity contribution in [1.82, 2.24) is 0 Å². The number of ether oxygens (including phenoxy) is 1. The average molecular weight is 206 g/mol. The summed E-state index contributed by atoms with van der Waals surface area (Å²) in [4.78, 5) is 21.5. The minimum Gasteiger partial charge on any atom is -0.466 e. The number of Topliss-reactive ketones (excluding diaryl/α,β-unsaturated/α-hetero) is 1. The summed E-state index contributed by atoms with van der Waals surface area (Å²) in [5.41, 5.74) is 0. The van der Waals surface area contributed by atoms with Crippen LogP contribution in [0.15, 0.2) is 0 Å². The summed E-state index contributed by atoms with van der Waals surface area (Å²) in [7, 11) is -2.35. The molecule has 0 aliphatic heterocycles. The molecule has 0 heterocycles. The number of hydrogen-bond acceptors (Lipinski definition) is 5. The Balaban J connectivity index is 3.88. The molecule has 6 heteroatoms. The van der Waals surface area contributed by atoms with E-state index in [1.807, 2.05) is 0 Å². The lowest BCUT2D eigenvalue weighted by Gasteiger charge is -1.97. The van der Waals surface area contributed by atoms with Crippen molar-refractivity contribution in [3.63, 3.8) is 0 Å². The van der Waals surface area contributed by atoms with Gasteiger partial charge in [-0.05, 0) is 6.92 Å². The monoisotopic (exact) mass is 206 g/mol. The highest BCUT2D eigenvalue weighted by Gasteiger charge is 2.08. The van der Waals surface area contributed by atoms with E-state index < -0.39 is 22.0 Å². The maximum absolute atomic E-state index is 10.8. The maximum Gasteiger partial charge on any atom is 0.313 e. The van der Waals surface area contributed by atoms with E-state index in [-0.39, 0.29) is 19.4 Å². The van der Waals surface area contributed by atoms with Crippen molar-refractivity contribution in [2.45, 2.75) is 19.8 Å². The number of esters is 1. The van der Waals surface area contributed by atoms with Crippen LogP contribution in [-0.4, -0.2) is 32.1 Å². The first kappa shape index (κ1) is 11.8. The third-order valence-corrected chi connectivity index (χ3v) is 1.53. The van der Waals surface area contributed by atoms with Gasteiger partial charge in [0.1, 0.15) is 12.2 Å². The molecule has 0 aromatic carbocycles. The Morgan fingerprint density at radius 2 is 2.00 bits per heavy atom. The van der Waals surface area contributed by atoms with Gasteiger partial charge < -0.3 is 4.74 Å². The van der Waals surface area contributed by atoms with Gasteiger partial charge in [-0.15, -0.1) is 0 Å². The van der Waals surface area contributed by atoms with E-state index in [0.29, 0.717) is 0 Å². The van der Waals surface area contributed by atoms with Gasteiger partial charge in [0.2, 0.25) is 10.3 Å². The SMILES string of the molecule is CCOC(=O)CC(=O)CC=S(=O)=O. The highest BCUT2D eigenvalue weighted by molar-refractivity contribution is 7.71. The summed E-state index contributed by atoms with van der Waals surface area (Å²) in [6, 6.07) is 0. The quantitative estimate of drug-likeness (QED) is 0.347. The van der Waals surface area contributed by atoms with Gasteiger partial charge in [-0.1, -0.05) is 0 Å². The molecule has 0 fully saturated rings. The molecule has 0 bridgehead atoms. The van der Waals surface area contributed by atoms with Crippen molar-refractivity contribution in [2.75, 3.05) is 6.61 Å². The first-order valence-electron chi connectivity index (χ1n) is 3.65. The third kappa shape index (κ3) is 7.20. The van der Waals surface area contributed by atoms with Crippen LogP contribution in [0, 0.1) is 0 Å². The van der Waals surface area contributed by atoms with E-state index in [2.05, 4.69) is 4.74 Å². The molecule has 0 saturated carbocycles. The number of ketones is 1. The van der Waals surface area contributed by atoms with Crippen LogP contribution in [0.4, 0.5) is 0 Å². The Morgan fingerprint density at radius 3 is 2.46 bits per heavy atom. The van der Waals surface area contributed by atoms with Crippen molar-refractivity contribution in [3.8, 4) is 0 Å². The average Bonchev–Trinajstić information content (AvgIpc) is 2.01. The number of rotatable bonds is 5. The van der Waals surface area contributed by atoms with Crippen LogP contribution in [0.25, 0.3) is 0 Å². The third-order valence-electron chi connectivity index (χ3n) is 1.09. The van der Waals surface area contributed by atoms with Crippen LogP contribution in [0.5, 0.6) is 0 Å². The van der Waals surface area contributed by atoms with E-state index >= 15 is 0 Å². The standard InChI is InChI=1S/C7H10O5S/c1-2-12-7(9)5-6(8)3-4-13(10)11/h4H,2-3,5H2,1H3. The molecular formula is C7H10O5S. The molecule has 0 radical (unpaired) electrons. The van der Waals surface area contributed by atoms with Crippen molar-refractivity contribution in [1.29, 1.82) is 0 Å². The number of carbonyl (C=O) groups excluding carboxylic acids is 2. The van der Waals surface area contributed by atoms with Gasteiger partial charge in [-0.3, -0.25) is 9.59 Å². The van der Waals surface area contributed by atoms with E-state index in [0.717, 1.165) is 5.37 Å². The Kier molecular flexibility index (Phi) is 5.79. The molecule has 0 unspecified atom stereocenters. The molecular weight excluding hydrogens is 196 g/mol. The molecule has 0 atom stereocenters. The molecule has 0 N–H and O–H groups in total. The normalized spacial score (nSPS) is 9.00. The molecule has 0 saturated heterocycles. The summed E-state index contributed by atoms with van der Waals surface area (Å²) < 4.78 is 24.5. The number of hydrogen-bond donors (Lipinski definition) is 0. The van der Waals surface area contributed by atoms with Gasteiger partial charge in [0, 0.05) is 11.8 Å². The fourth-order valence-corrected chi connectivity index (χ4v) is 0.928. The fourth-order valence-electron chi connectivity index (χ4n) is 0.606. The summed E-state index contributed by atoms with van der Waals surface area (Å²) in [5, 5.41) is 0.807. The van der Waals surface area contributed by atoms with Gasteiger partial charge in [0.25, 0.3) is 0 Å². The van der Waals surface area contributed by atoms with Crippen LogP contribution in [-0.2, 0) is 24.6 Å². The largest absolute Gasteiger partial charge is 0.466 e. The summed E-state index contributed by atoms with van der Waals surface area (Å²) in [5.74, 6) is -1.10. The topological polar surface area (TPSA) is 77.5 Å². The van der Waals surface area contributed by atoms with Crippen molar-refractivity contribution < 1.29 is 22.7 Å². The lowest BCUT2D eigenvalue weighted by Crippen LogP contribution is -2.11. The van der Waals surface area contributed by atoms with Gasteiger partial charge in [-0.25, -0.2) is 0 Å². The molecule has 0 rings (SSSR count). The van der Waals surface area contributed by atoms with Crippen LogP contribution in [0.1, 0.15) is 19.8 Å². The van der Waals surface area contributed by atoms with Crippen LogP contribution >= 0.6 is 0 Å². The highest BCUT2D eigenvalue weighted by Crippen LogP contribution is 1.91. The van der Waals surface area contributed by atoms with Gasteiger partial charge in [0.15, 0.2) is 0 Å². The second kappa shape index (κ2) is 6.36. The second-order valence-corrected chi connectivity index (χ2v) is 3.01. The molecule has 0 spiro atoms. The van der Waals surface area contributed by atoms with Gasteiger partial charge >= 0.3 is 5.97 Å². The molecule has 0 aliphatic rings. The Hall–Kier alpha value is -1.17. The van der Waals surface area contributed by atoms with Gasteiger partial charge in [-0.2, -0.15) is 8.42 Å². The molecule has 13 heavy (non-hydrogen) atoms. The van der Waals surface area contributed by atoms with E-state index in [1.165, 1.54) is 0 Å². The zero-order valence-electron chi connectivity index (χ0n) is 7.15. The summed E-state index contributed by atoms with van der Waals surface area (Å²) >= 11 is 0. The zero-order valence-corrected chi connectivity index (χ0v) is 7.96. The van der Waals surface area contributed by atoms with Crippen molar-refractivity contribution >= 4 is 27.4 Å². The second-order valence-electron chi connectivity index (χ2n) is 2.15. The molecule has 0 amide bonds. The lowest BCUT2D eigenvalue weighted by molar-refractivity contribution is -0.145. The first-order valence-corrected chi connectivity index (χ1v) is 4.78. The first-order chi connectivity index (χ1) is 6.06. The van der Waals surface area contributed by atoms with Crippen LogP contribution in [0.2, 0.25) is 0 Å². The van der Waals surface area contributed by atoms with Gasteiger partial charge in [0.05, 0.1) is 6.61 Å². The summed E-state index contributed by atoms with van der Waals surface area (Å²) in [6.45, 7) is 1.84. The lowest BCUT2D eigenvalue weighted by atomic mass is 10.2. The Labute approximate surface area is 77.2 Å². The van der Waals surface area contributed by atoms with Crippen molar-refractivity contribution in [3.05, 3.63) is 0 Å². The Morgan fingerprint density at radius 1 is 1.38 bits per heavy atom. The fraction of sp³-hybridized carbons (Fsp3) is 0.571. The van der Waals surface area contributed by atoms with Crippen molar-refractivity contribution in [2.24, 2.45) is 0 Å². The maximum atomic E-state index is 10.8. The van der Waals surface area contributed by atoms with E-state index in [4.69, 9.17) is 0 Å². The molecule has 0 aromatic rings. The minimum absolute atomic E-state index is 0.212. The molecule has 0 aliphatic carbocycles. The van der Waals surface area contributed by atoms with E-state index in [1.54, 1.807) is 6.92 Å². The van der Waals surface area contributed by atoms with Crippen LogP contribution in [0.3, 0.4) is 0 Å². The van der Waals surface area contributed by atoms with E-state index in [9.17, 15) is 18.0 Å². The molecule has 0 aromatic heterocycles. The molecule has 5 nitrogen and oxygen atoms in total. The zero-order chi connectivity index (χ0) is 10.3. The number of carbonyl (C=O) groups is 2. The predicted molar refractivity (Wildman–Crippen MR) is 45.9 cm³/mol. The molecule has 74 valence electrons. The van der Waals surface area contributed by atoms with Crippen LogP contribution < -0.4 is 0 Å². The Bertz CT molecular complexity index is 306. The smallest absolute Gasteiger partial charge is 0.313 e. The minimum atomic E-state index is -2.35. The predicted octanol–water partition coefficient (Wildman–Crippen LogP) is -0.420. The summed E-state index contributed by atoms with van der Waals surface area (Å²) in [6.07, 6.45) is -0.629. The highest BCUT2D eigenvalue weighted by atomic mass is 32.2.